The van der Waals surface area contributed by atoms with E-state index in [0.29, 0.717) is 19.6 Å². The van der Waals surface area contributed by atoms with Gasteiger partial charge in [0.05, 0.1) is 25.3 Å². The molecular formula is C23H28F3N3O4S. The number of carbonyl (C=O) groups is 2. The van der Waals surface area contributed by atoms with Crippen LogP contribution in [0.3, 0.4) is 0 Å². The number of carboxylic acid groups (broad SMARTS) is 1. The SMILES string of the molecule is Cc1ccc(C)c(CN2CCOCC3(CC(=O)N(Cc4cncs4)C3)C2)c1.O=C(O)C(F)(F)F. The van der Waals surface area contributed by atoms with Crippen LogP contribution in [0.4, 0.5) is 13.2 Å². The summed E-state index contributed by atoms with van der Waals surface area (Å²) in [6.45, 7) is 9.90. The van der Waals surface area contributed by atoms with E-state index in [4.69, 9.17) is 14.6 Å². The Kier molecular flexibility index (Phi) is 8.32. The fraction of sp³-hybridized carbons (Fsp3) is 0.522. The number of rotatable bonds is 4. The molecule has 0 saturated carbocycles. The lowest BCUT2D eigenvalue weighted by molar-refractivity contribution is -0.192. The number of thiazole rings is 1. The zero-order chi connectivity index (χ0) is 24.9. The third-order valence-corrected chi connectivity index (χ3v) is 6.66. The van der Waals surface area contributed by atoms with E-state index in [2.05, 4.69) is 41.9 Å². The summed E-state index contributed by atoms with van der Waals surface area (Å²) in [7, 11) is 0. The molecule has 2 aromatic rings. The van der Waals surface area contributed by atoms with Crippen LogP contribution in [0.15, 0.2) is 29.9 Å². The van der Waals surface area contributed by atoms with Crippen molar-refractivity contribution in [2.75, 3.05) is 32.8 Å². The molecule has 1 atom stereocenters. The van der Waals surface area contributed by atoms with E-state index in [9.17, 15) is 18.0 Å². The van der Waals surface area contributed by atoms with Gasteiger partial charge in [-0.3, -0.25) is 14.7 Å². The minimum absolute atomic E-state index is 0.101. The molecule has 186 valence electrons. The fourth-order valence-corrected chi connectivity index (χ4v) is 4.87. The van der Waals surface area contributed by atoms with Crippen LogP contribution < -0.4 is 0 Å². The van der Waals surface area contributed by atoms with Gasteiger partial charge in [0, 0.05) is 49.1 Å². The third-order valence-electron chi connectivity index (χ3n) is 5.90. The molecule has 2 aliphatic rings. The van der Waals surface area contributed by atoms with Crippen LogP contribution >= 0.6 is 11.3 Å². The average molecular weight is 500 g/mol. The van der Waals surface area contributed by atoms with Crippen LogP contribution in [0.2, 0.25) is 0 Å². The van der Waals surface area contributed by atoms with Gasteiger partial charge in [0.1, 0.15) is 0 Å². The molecule has 2 fully saturated rings. The van der Waals surface area contributed by atoms with Gasteiger partial charge in [0.15, 0.2) is 0 Å². The molecule has 3 heterocycles. The lowest BCUT2D eigenvalue weighted by atomic mass is 9.87. The van der Waals surface area contributed by atoms with E-state index in [1.807, 2.05) is 16.6 Å². The highest BCUT2D eigenvalue weighted by Crippen LogP contribution is 2.36. The van der Waals surface area contributed by atoms with Crippen LogP contribution in [0.5, 0.6) is 0 Å². The van der Waals surface area contributed by atoms with Gasteiger partial charge in [-0.05, 0) is 25.0 Å². The second kappa shape index (κ2) is 10.8. The summed E-state index contributed by atoms with van der Waals surface area (Å²) in [5.74, 6) is -2.52. The van der Waals surface area contributed by atoms with Crippen molar-refractivity contribution in [1.29, 1.82) is 0 Å². The second-order valence-corrected chi connectivity index (χ2v) is 9.86. The maximum atomic E-state index is 12.7. The van der Waals surface area contributed by atoms with Gasteiger partial charge in [0.25, 0.3) is 0 Å². The summed E-state index contributed by atoms with van der Waals surface area (Å²) in [5, 5.41) is 7.12. The third kappa shape index (κ3) is 7.00. The molecule has 1 unspecified atom stereocenters. The monoisotopic (exact) mass is 499 g/mol. The van der Waals surface area contributed by atoms with E-state index in [0.717, 1.165) is 37.7 Å². The Bertz CT molecular complexity index is 1000. The number of hydrogen-bond acceptors (Lipinski definition) is 6. The summed E-state index contributed by atoms with van der Waals surface area (Å²) >= 11 is 1.61. The highest BCUT2D eigenvalue weighted by atomic mass is 32.1. The van der Waals surface area contributed by atoms with Gasteiger partial charge in [0.2, 0.25) is 5.91 Å². The summed E-state index contributed by atoms with van der Waals surface area (Å²) in [6.07, 6.45) is -2.64. The maximum absolute atomic E-state index is 12.7. The van der Waals surface area contributed by atoms with Crippen molar-refractivity contribution in [3.63, 3.8) is 0 Å². The molecule has 34 heavy (non-hydrogen) atoms. The predicted octanol–water partition coefficient (Wildman–Crippen LogP) is 3.64. The first-order chi connectivity index (χ1) is 16.0. The van der Waals surface area contributed by atoms with E-state index >= 15 is 0 Å². The zero-order valence-electron chi connectivity index (χ0n) is 19.1. The second-order valence-electron chi connectivity index (χ2n) is 8.89. The van der Waals surface area contributed by atoms with Crippen LogP contribution in [-0.2, 0) is 27.4 Å². The minimum Gasteiger partial charge on any atom is -0.475 e. The molecule has 2 aliphatic heterocycles. The average Bonchev–Trinajstić information content (AvgIpc) is 3.30. The maximum Gasteiger partial charge on any atom is 0.490 e. The van der Waals surface area contributed by atoms with Crippen LogP contribution in [0, 0.1) is 19.3 Å². The molecule has 1 N–H and O–H groups in total. The molecule has 1 spiro atoms. The number of likely N-dealkylation sites (tertiary alicyclic amines) is 1. The summed E-state index contributed by atoms with van der Waals surface area (Å²) < 4.78 is 37.7. The number of carbonyl (C=O) groups excluding carboxylic acids is 1. The largest absolute Gasteiger partial charge is 0.490 e. The Labute approximate surface area is 200 Å². The van der Waals surface area contributed by atoms with Gasteiger partial charge in [-0.25, -0.2) is 4.79 Å². The number of alkyl halides is 3. The molecule has 1 aromatic heterocycles. The minimum atomic E-state index is -5.08. The van der Waals surface area contributed by atoms with Gasteiger partial charge < -0.3 is 14.7 Å². The number of carboxylic acids is 1. The van der Waals surface area contributed by atoms with E-state index in [1.165, 1.54) is 16.7 Å². The number of ether oxygens (including phenoxy) is 1. The Morgan fingerprint density at radius 1 is 1.26 bits per heavy atom. The summed E-state index contributed by atoms with van der Waals surface area (Å²) in [5.41, 5.74) is 5.72. The molecular weight excluding hydrogens is 471 g/mol. The topological polar surface area (TPSA) is 83.0 Å². The molecule has 4 rings (SSSR count). The quantitative estimate of drug-likeness (QED) is 0.692. The van der Waals surface area contributed by atoms with Crippen molar-refractivity contribution in [3.05, 3.63) is 51.5 Å². The highest BCUT2D eigenvalue weighted by molar-refractivity contribution is 7.09. The first-order valence-electron chi connectivity index (χ1n) is 10.8. The Morgan fingerprint density at radius 2 is 2.00 bits per heavy atom. The van der Waals surface area contributed by atoms with Gasteiger partial charge in [-0.1, -0.05) is 23.8 Å². The zero-order valence-corrected chi connectivity index (χ0v) is 19.9. The number of hydrogen-bond donors (Lipinski definition) is 1. The number of aromatic nitrogens is 1. The standard InChI is InChI=1S/C21H27N3O2S.C2HF3O2/c1-16-3-4-17(2)18(7-16)10-23-5-6-26-14-21(12-23)8-20(25)24(13-21)11-19-9-22-15-27-19;3-2(4,5)1(6)7/h3-4,7,9,15H,5-6,8,10-14H2,1-2H3;(H,6,7). The van der Waals surface area contributed by atoms with Crippen molar-refractivity contribution in [1.82, 2.24) is 14.8 Å². The number of amides is 1. The Morgan fingerprint density at radius 3 is 2.65 bits per heavy atom. The molecule has 7 nitrogen and oxygen atoms in total. The number of halogens is 3. The first kappa shape index (κ1) is 26.1. The summed E-state index contributed by atoms with van der Waals surface area (Å²) in [4.78, 5) is 31.3. The smallest absolute Gasteiger partial charge is 0.475 e. The Balaban J connectivity index is 0.000000406. The number of benzene rings is 1. The number of aliphatic carboxylic acids is 1. The fourth-order valence-electron chi connectivity index (χ4n) is 4.26. The van der Waals surface area contributed by atoms with Crippen molar-refractivity contribution in [2.45, 2.75) is 39.5 Å². The van der Waals surface area contributed by atoms with Gasteiger partial charge >= 0.3 is 12.1 Å². The van der Waals surface area contributed by atoms with Gasteiger partial charge in [-0.15, -0.1) is 11.3 Å². The van der Waals surface area contributed by atoms with Crippen LogP contribution in [0.25, 0.3) is 0 Å². The van der Waals surface area contributed by atoms with Crippen LogP contribution in [-0.4, -0.2) is 70.8 Å². The normalized spacial score (nSPS) is 21.3. The predicted molar refractivity (Wildman–Crippen MR) is 120 cm³/mol. The molecule has 0 bridgehead atoms. The molecule has 0 aliphatic carbocycles. The van der Waals surface area contributed by atoms with E-state index in [-0.39, 0.29) is 11.3 Å². The molecule has 11 heteroatoms. The highest BCUT2D eigenvalue weighted by Gasteiger charge is 2.45. The lowest BCUT2D eigenvalue weighted by Gasteiger charge is -2.31. The van der Waals surface area contributed by atoms with Crippen molar-refractivity contribution < 1.29 is 32.6 Å². The molecule has 2 saturated heterocycles. The number of aryl methyl sites for hydroxylation is 2. The molecule has 1 amide bonds. The molecule has 1 aromatic carbocycles. The van der Waals surface area contributed by atoms with Crippen LogP contribution in [0.1, 0.15) is 28.0 Å². The summed E-state index contributed by atoms with van der Waals surface area (Å²) in [6, 6.07) is 6.65. The molecule has 0 radical (unpaired) electrons. The van der Waals surface area contributed by atoms with Crippen molar-refractivity contribution >= 4 is 23.2 Å². The number of nitrogens with zero attached hydrogens (tertiary/aromatic N) is 3. The Hall–Kier alpha value is -2.50. The van der Waals surface area contributed by atoms with Crippen molar-refractivity contribution in [3.8, 4) is 0 Å². The lowest BCUT2D eigenvalue weighted by Crippen LogP contribution is -2.40. The van der Waals surface area contributed by atoms with Crippen molar-refractivity contribution in [2.24, 2.45) is 5.41 Å². The van der Waals surface area contributed by atoms with E-state index in [1.54, 1.807) is 11.3 Å². The first-order valence-corrected chi connectivity index (χ1v) is 11.7. The van der Waals surface area contributed by atoms with E-state index < -0.39 is 12.1 Å². The van der Waals surface area contributed by atoms with Gasteiger partial charge in [-0.2, -0.15) is 13.2 Å².